The van der Waals surface area contributed by atoms with E-state index in [9.17, 15) is 22.8 Å². The van der Waals surface area contributed by atoms with E-state index in [1.165, 1.54) is 12.1 Å². The number of unbranched alkanes of at least 4 members (excludes halogenated alkanes) is 4. The Balaban J connectivity index is 1.84. The number of nitrogens with one attached hydrogen (secondary N) is 2. The number of carbonyl (C=O) groups is 2. The van der Waals surface area contributed by atoms with Crippen LogP contribution in [0.15, 0.2) is 30.3 Å². The summed E-state index contributed by atoms with van der Waals surface area (Å²) in [5, 5.41) is 2.45. The number of carbonyl (C=O) groups excluding carboxylic acids is 2. The number of amides is 1. The molecule has 2 rings (SSSR count). The number of rotatable bonds is 14. The fourth-order valence-electron chi connectivity index (χ4n) is 2.88. The van der Waals surface area contributed by atoms with Gasteiger partial charge in [-0.2, -0.15) is 0 Å². The van der Waals surface area contributed by atoms with Gasteiger partial charge in [-0.25, -0.2) is 18.7 Å². The van der Waals surface area contributed by atoms with Crippen LogP contribution in [-0.2, 0) is 14.4 Å². The zero-order valence-electron chi connectivity index (χ0n) is 17.9. The molecular weight excluding hydrogens is 425 g/mol. The Morgan fingerprint density at radius 1 is 0.969 bits per heavy atom. The lowest BCUT2D eigenvalue weighted by Gasteiger charge is -2.14. The first-order chi connectivity index (χ1) is 15.4. The van der Waals surface area contributed by atoms with E-state index in [1.807, 2.05) is 0 Å². The maximum atomic E-state index is 14.4. The molecule has 9 heteroatoms. The van der Waals surface area contributed by atoms with E-state index < -0.39 is 29.0 Å². The number of hydrogen-bond acceptors (Lipinski definition) is 5. The van der Waals surface area contributed by atoms with Crippen molar-refractivity contribution in [3.63, 3.8) is 0 Å². The molecule has 0 radical (unpaired) electrons. The smallest absolute Gasteiger partial charge is 0.277 e. The molecule has 0 atom stereocenters. The molecule has 32 heavy (non-hydrogen) atoms. The number of aryl methyl sites for hydroxylation is 1. The van der Waals surface area contributed by atoms with Gasteiger partial charge in [0.25, 0.3) is 5.91 Å². The van der Waals surface area contributed by atoms with Crippen LogP contribution >= 0.6 is 0 Å². The summed E-state index contributed by atoms with van der Waals surface area (Å²) in [4.78, 5) is 27.7. The van der Waals surface area contributed by atoms with E-state index in [1.54, 1.807) is 13.0 Å². The normalized spacial score (nSPS) is 10.8. The summed E-state index contributed by atoms with van der Waals surface area (Å²) in [6.45, 7) is 2.49. The van der Waals surface area contributed by atoms with Crippen molar-refractivity contribution in [2.45, 2.75) is 39.0 Å². The molecule has 174 valence electrons. The average Bonchev–Trinajstić information content (AvgIpc) is 2.76. The van der Waals surface area contributed by atoms with Crippen molar-refractivity contribution in [3.8, 4) is 0 Å². The molecule has 0 bridgehead atoms. The molecule has 0 saturated heterocycles. The van der Waals surface area contributed by atoms with E-state index >= 15 is 0 Å². The Morgan fingerprint density at radius 2 is 1.75 bits per heavy atom. The molecule has 6 nitrogen and oxygen atoms in total. The third-order valence-electron chi connectivity index (χ3n) is 4.58. The Morgan fingerprint density at radius 3 is 2.50 bits per heavy atom. The maximum absolute atomic E-state index is 14.4. The summed E-state index contributed by atoms with van der Waals surface area (Å²) in [5.74, 6) is -3.99. The van der Waals surface area contributed by atoms with Gasteiger partial charge in [0.05, 0.1) is 30.2 Å². The summed E-state index contributed by atoms with van der Waals surface area (Å²) in [6, 6.07) is 6.07. The molecule has 0 saturated carbocycles. The van der Waals surface area contributed by atoms with Gasteiger partial charge in [0, 0.05) is 13.0 Å². The second-order valence-electron chi connectivity index (χ2n) is 7.15. The van der Waals surface area contributed by atoms with Crippen LogP contribution in [0.1, 0.15) is 48.0 Å². The number of hydrogen-bond donors (Lipinski definition) is 2. The van der Waals surface area contributed by atoms with Gasteiger partial charge >= 0.3 is 0 Å². The first kappa shape index (κ1) is 25.4. The summed E-state index contributed by atoms with van der Waals surface area (Å²) >= 11 is 0. The van der Waals surface area contributed by atoms with Gasteiger partial charge < -0.3 is 14.8 Å². The number of ether oxygens (including phenoxy) is 1. The van der Waals surface area contributed by atoms with Crippen molar-refractivity contribution in [2.75, 3.05) is 25.1 Å². The van der Waals surface area contributed by atoms with E-state index in [4.69, 9.17) is 9.57 Å². The number of anilines is 2. The highest BCUT2D eigenvalue weighted by Crippen LogP contribution is 2.28. The van der Waals surface area contributed by atoms with E-state index in [0.717, 1.165) is 44.1 Å². The van der Waals surface area contributed by atoms with Gasteiger partial charge in [-0.05, 0) is 49.6 Å². The van der Waals surface area contributed by atoms with Gasteiger partial charge in [-0.1, -0.05) is 18.9 Å². The molecule has 0 aromatic heterocycles. The van der Waals surface area contributed by atoms with Crippen LogP contribution in [0.5, 0.6) is 0 Å². The molecule has 0 heterocycles. The van der Waals surface area contributed by atoms with Crippen molar-refractivity contribution in [3.05, 3.63) is 58.9 Å². The van der Waals surface area contributed by atoms with Crippen LogP contribution in [0.4, 0.5) is 24.5 Å². The summed E-state index contributed by atoms with van der Waals surface area (Å²) < 4.78 is 47.6. The van der Waals surface area contributed by atoms with Gasteiger partial charge in [0.2, 0.25) is 0 Å². The number of aldehydes is 1. The molecule has 1 amide bonds. The lowest BCUT2D eigenvalue weighted by molar-refractivity contribution is -0.107. The van der Waals surface area contributed by atoms with Crippen LogP contribution in [0.25, 0.3) is 0 Å². The Kier molecular flexibility index (Phi) is 10.7. The highest BCUT2D eigenvalue weighted by molar-refractivity contribution is 6.00. The minimum absolute atomic E-state index is 0.0515. The van der Waals surface area contributed by atoms with Crippen LogP contribution in [0.3, 0.4) is 0 Å². The Bertz CT molecular complexity index is 909. The molecule has 0 unspecified atom stereocenters. The molecular formula is C23H27F3N2O4. The summed E-state index contributed by atoms with van der Waals surface area (Å²) in [5.41, 5.74) is 1.95. The van der Waals surface area contributed by atoms with Crippen molar-refractivity contribution in [1.82, 2.24) is 5.48 Å². The quantitative estimate of drug-likeness (QED) is 0.240. The second-order valence-corrected chi connectivity index (χ2v) is 7.15. The molecule has 2 aromatic carbocycles. The Labute approximate surface area is 185 Å². The highest BCUT2D eigenvalue weighted by atomic mass is 19.2. The SMILES string of the molecule is Cc1ccc(Nc2c(C(=O)NOCCOCCCCCCC=O)ccc(F)c2F)c(F)c1. The highest BCUT2D eigenvalue weighted by Gasteiger charge is 2.20. The van der Waals surface area contributed by atoms with E-state index in [-0.39, 0.29) is 24.5 Å². The van der Waals surface area contributed by atoms with Crippen LogP contribution in [-0.4, -0.2) is 32.0 Å². The standard InChI is InChI=1S/C23H27F3N2O4/c1-16-7-10-20(19(25)15-16)27-22-17(8-9-18(24)21(22)26)23(30)28-32-14-13-31-12-6-4-2-3-5-11-29/h7-11,15,27H,2-6,12-14H2,1H3,(H,28,30). The molecule has 0 spiro atoms. The van der Waals surface area contributed by atoms with Crippen LogP contribution in [0.2, 0.25) is 0 Å². The number of benzene rings is 2. The van der Waals surface area contributed by atoms with Gasteiger partial charge in [-0.15, -0.1) is 0 Å². The number of halogens is 3. The zero-order valence-corrected chi connectivity index (χ0v) is 17.9. The van der Waals surface area contributed by atoms with E-state index in [0.29, 0.717) is 18.6 Å². The lowest BCUT2D eigenvalue weighted by atomic mass is 10.1. The average molecular weight is 452 g/mol. The van der Waals surface area contributed by atoms with Crippen LogP contribution in [0, 0.1) is 24.4 Å². The molecule has 0 aliphatic carbocycles. The second kappa shape index (κ2) is 13.5. The number of hydroxylamine groups is 1. The van der Waals surface area contributed by atoms with Crippen LogP contribution < -0.4 is 10.8 Å². The fourth-order valence-corrected chi connectivity index (χ4v) is 2.88. The predicted octanol–water partition coefficient (Wildman–Crippen LogP) is 4.98. The Hall–Kier alpha value is -2.91. The maximum Gasteiger partial charge on any atom is 0.277 e. The summed E-state index contributed by atoms with van der Waals surface area (Å²) in [7, 11) is 0. The lowest BCUT2D eigenvalue weighted by Crippen LogP contribution is -2.26. The fraction of sp³-hybridized carbons (Fsp3) is 0.391. The monoisotopic (exact) mass is 452 g/mol. The molecule has 2 N–H and O–H groups in total. The molecule has 0 aliphatic rings. The minimum atomic E-state index is -1.31. The minimum Gasteiger partial charge on any atom is -0.379 e. The van der Waals surface area contributed by atoms with Gasteiger partial charge in [-0.3, -0.25) is 9.63 Å². The molecule has 2 aromatic rings. The largest absolute Gasteiger partial charge is 0.379 e. The topological polar surface area (TPSA) is 76.7 Å². The first-order valence-electron chi connectivity index (χ1n) is 10.4. The van der Waals surface area contributed by atoms with Crippen molar-refractivity contribution < 1.29 is 32.3 Å². The van der Waals surface area contributed by atoms with Gasteiger partial charge in [0.15, 0.2) is 11.6 Å². The van der Waals surface area contributed by atoms with E-state index in [2.05, 4.69) is 10.8 Å². The van der Waals surface area contributed by atoms with Crippen molar-refractivity contribution >= 4 is 23.6 Å². The predicted molar refractivity (Wildman–Crippen MR) is 114 cm³/mol. The summed E-state index contributed by atoms with van der Waals surface area (Å²) in [6.07, 6.45) is 5.12. The zero-order chi connectivity index (χ0) is 23.3. The third-order valence-corrected chi connectivity index (χ3v) is 4.58. The van der Waals surface area contributed by atoms with Crippen molar-refractivity contribution in [1.29, 1.82) is 0 Å². The molecule has 0 aliphatic heterocycles. The van der Waals surface area contributed by atoms with Gasteiger partial charge in [0.1, 0.15) is 12.1 Å². The van der Waals surface area contributed by atoms with Crippen molar-refractivity contribution in [2.24, 2.45) is 0 Å². The third kappa shape index (κ3) is 7.97. The molecule has 0 fully saturated rings. The first-order valence-corrected chi connectivity index (χ1v) is 10.4.